The molecule has 0 saturated carbocycles. The molecule has 7 nitrogen and oxygen atoms in total. The number of hydrogen-bond donors (Lipinski definition) is 1. The Hall–Kier alpha value is -3.43. The van der Waals surface area contributed by atoms with Crippen LogP contribution in [0.3, 0.4) is 0 Å². The number of nitro groups is 1. The predicted molar refractivity (Wildman–Crippen MR) is 96.4 cm³/mol. The van der Waals surface area contributed by atoms with Crippen molar-refractivity contribution >= 4 is 23.2 Å². The number of halogens is 3. The second kappa shape index (κ2) is 7.90. The molecule has 2 unspecified atom stereocenters. The minimum Gasteiger partial charge on any atom is -0.349 e. The van der Waals surface area contributed by atoms with E-state index in [0.717, 1.165) is 18.2 Å². The van der Waals surface area contributed by atoms with Crippen LogP contribution >= 0.6 is 0 Å². The van der Waals surface area contributed by atoms with Crippen molar-refractivity contribution in [2.45, 2.75) is 19.4 Å². The van der Waals surface area contributed by atoms with Crippen LogP contribution in [0, 0.1) is 33.5 Å². The van der Waals surface area contributed by atoms with Gasteiger partial charge in [-0.05, 0) is 25.1 Å². The molecule has 1 saturated heterocycles. The van der Waals surface area contributed by atoms with E-state index >= 15 is 0 Å². The van der Waals surface area contributed by atoms with Gasteiger partial charge in [0.25, 0.3) is 0 Å². The van der Waals surface area contributed by atoms with E-state index in [9.17, 15) is 32.9 Å². The van der Waals surface area contributed by atoms with Crippen molar-refractivity contribution in [1.82, 2.24) is 5.32 Å². The maximum atomic E-state index is 13.9. The van der Waals surface area contributed by atoms with Gasteiger partial charge in [0.05, 0.1) is 22.6 Å². The second-order valence-electron chi connectivity index (χ2n) is 6.69. The number of nitrogens with one attached hydrogen (secondary N) is 1. The lowest BCUT2D eigenvalue weighted by molar-refractivity contribution is -0.387. The van der Waals surface area contributed by atoms with Crippen LogP contribution in [0.2, 0.25) is 0 Å². The van der Waals surface area contributed by atoms with Gasteiger partial charge in [0.15, 0.2) is 0 Å². The molecular formula is C19H16F3N3O4. The third-order valence-corrected chi connectivity index (χ3v) is 4.72. The highest BCUT2D eigenvalue weighted by Crippen LogP contribution is 2.30. The number of benzene rings is 2. The number of carbonyl (C=O) groups excluding carboxylic acids is 2. The predicted octanol–water partition coefficient (Wildman–Crippen LogP) is 3.24. The van der Waals surface area contributed by atoms with Crippen LogP contribution in [-0.4, -0.2) is 23.3 Å². The molecule has 2 atom stereocenters. The lowest BCUT2D eigenvalue weighted by Gasteiger charge is -2.19. The molecule has 0 radical (unpaired) electrons. The molecule has 29 heavy (non-hydrogen) atoms. The maximum Gasteiger partial charge on any atom is 0.306 e. The normalized spacial score (nSPS) is 17.3. The molecule has 2 aromatic carbocycles. The molecule has 1 heterocycles. The summed E-state index contributed by atoms with van der Waals surface area (Å²) in [6.45, 7) is 1.46. The maximum absolute atomic E-state index is 13.9. The van der Waals surface area contributed by atoms with Crippen molar-refractivity contribution in [2.75, 3.05) is 11.4 Å². The van der Waals surface area contributed by atoms with Crippen molar-refractivity contribution < 1.29 is 27.7 Å². The summed E-state index contributed by atoms with van der Waals surface area (Å²) in [5, 5.41) is 13.5. The van der Waals surface area contributed by atoms with Gasteiger partial charge in [0.2, 0.25) is 17.6 Å². The molecule has 3 rings (SSSR count). The Balaban J connectivity index is 1.72. The molecule has 10 heteroatoms. The van der Waals surface area contributed by atoms with Gasteiger partial charge in [0, 0.05) is 30.7 Å². The minimum atomic E-state index is -1.03. The molecule has 0 spiro atoms. The summed E-state index contributed by atoms with van der Waals surface area (Å²) in [7, 11) is 0. The zero-order chi connectivity index (χ0) is 21.3. The first kappa shape index (κ1) is 20.3. The average Bonchev–Trinajstić information content (AvgIpc) is 3.03. The van der Waals surface area contributed by atoms with E-state index in [0.29, 0.717) is 6.07 Å². The van der Waals surface area contributed by atoms with Crippen molar-refractivity contribution in [3.63, 3.8) is 0 Å². The summed E-state index contributed by atoms with van der Waals surface area (Å²) < 4.78 is 40.4. The Kier molecular flexibility index (Phi) is 5.53. The number of amides is 2. The van der Waals surface area contributed by atoms with Crippen LogP contribution in [0.5, 0.6) is 0 Å². The van der Waals surface area contributed by atoms with Gasteiger partial charge < -0.3 is 10.2 Å². The molecule has 0 aromatic heterocycles. The highest BCUT2D eigenvalue weighted by molar-refractivity contribution is 6.00. The van der Waals surface area contributed by atoms with E-state index in [1.807, 2.05) is 0 Å². The Morgan fingerprint density at radius 2 is 1.93 bits per heavy atom. The fraction of sp³-hybridized carbons (Fsp3) is 0.263. The molecule has 0 bridgehead atoms. The van der Waals surface area contributed by atoms with Gasteiger partial charge >= 0.3 is 5.69 Å². The quantitative estimate of drug-likeness (QED) is 0.608. The van der Waals surface area contributed by atoms with Crippen LogP contribution in [0.15, 0.2) is 36.4 Å². The van der Waals surface area contributed by atoms with Crippen LogP contribution in [0.1, 0.15) is 24.9 Å². The fourth-order valence-corrected chi connectivity index (χ4v) is 3.20. The van der Waals surface area contributed by atoms with Crippen molar-refractivity contribution in [1.29, 1.82) is 0 Å². The highest BCUT2D eigenvalue weighted by Gasteiger charge is 2.36. The van der Waals surface area contributed by atoms with E-state index in [2.05, 4.69) is 5.32 Å². The zero-order valence-electron chi connectivity index (χ0n) is 15.2. The lowest BCUT2D eigenvalue weighted by Crippen LogP contribution is -2.35. The summed E-state index contributed by atoms with van der Waals surface area (Å²) in [4.78, 5) is 35.9. The average molecular weight is 407 g/mol. The number of rotatable bonds is 5. The first-order valence-corrected chi connectivity index (χ1v) is 8.67. The van der Waals surface area contributed by atoms with E-state index in [4.69, 9.17) is 0 Å². The van der Waals surface area contributed by atoms with Gasteiger partial charge in [-0.2, -0.15) is 4.39 Å². The zero-order valence-corrected chi connectivity index (χ0v) is 15.2. The number of anilines is 1. The molecule has 1 N–H and O–H groups in total. The SMILES string of the molecule is CC(NC(=O)C1CC(=O)N(c2ccc(F)c([N+](=O)[O-])c2)C1)c1ccc(F)cc1F. The number of nitro benzene ring substituents is 1. The van der Waals surface area contributed by atoms with E-state index in [-0.39, 0.29) is 24.2 Å². The van der Waals surface area contributed by atoms with E-state index < -0.39 is 51.8 Å². The summed E-state index contributed by atoms with van der Waals surface area (Å²) in [6, 6.07) is 5.27. The molecule has 0 aliphatic carbocycles. The Morgan fingerprint density at radius 1 is 1.21 bits per heavy atom. The van der Waals surface area contributed by atoms with E-state index in [1.165, 1.54) is 24.0 Å². The van der Waals surface area contributed by atoms with Crippen LogP contribution in [0.25, 0.3) is 0 Å². The van der Waals surface area contributed by atoms with Gasteiger partial charge in [-0.15, -0.1) is 0 Å². The van der Waals surface area contributed by atoms with Gasteiger partial charge in [-0.3, -0.25) is 19.7 Å². The Bertz CT molecular complexity index is 999. The smallest absolute Gasteiger partial charge is 0.306 e. The van der Waals surface area contributed by atoms with Crippen molar-refractivity contribution in [3.05, 3.63) is 69.5 Å². The Labute approximate surface area is 163 Å². The van der Waals surface area contributed by atoms with Gasteiger partial charge in [0.1, 0.15) is 11.6 Å². The third-order valence-electron chi connectivity index (χ3n) is 4.72. The first-order valence-electron chi connectivity index (χ1n) is 8.67. The van der Waals surface area contributed by atoms with Crippen molar-refractivity contribution in [2.24, 2.45) is 5.92 Å². The molecule has 1 fully saturated rings. The van der Waals surface area contributed by atoms with E-state index in [1.54, 1.807) is 0 Å². The third kappa shape index (κ3) is 4.20. The first-order chi connectivity index (χ1) is 13.7. The largest absolute Gasteiger partial charge is 0.349 e. The van der Waals surface area contributed by atoms with Crippen LogP contribution in [-0.2, 0) is 9.59 Å². The summed E-state index contributed by atoms with van der Waals surface area (Å²) in [5.41, 5.74) is -0.574. The molecule has 2 aromatic rings. The highest BCUT2D eigenvalue weighted by atomic mass is 19.1. The number of hydrogen-bond acceptors (Lipinski definition) is 4. The molecule has 1 aliphatic heterocycles. The topological polar surface area (TPSA) is 92.6 Å². The lowest BCUT2D eigenvalue weighted by atomic mass is 10.0. The van der Waals surface area contributed by atoms with Crippen LogP contribution < -0.4 is 10.2 Å². The molecular weight excluding hydrogens is 391 g/mol. The standard InChI is InChI=1S/C19H16F3N3O4/c1-10(14-4-2-12(20)7-16(14)22)23-19(27)11-6-18(26)24(9-11)13-3-5-15(21)17(8-13)25(28)29/h2-5,7-8,10-11H,6,9H2,1H3,(H,23,27). The molecule has 2 amide bonds. The molecule has 1 aliphatic rings. The number of nitrogens with zero attached hydrogens (tertiary/aromatic N) is 2. The fourth-order valence-electron chi connectivity index (χ4n) is 3.20. The summed E-state index contributed by atoms with van der Waals surface area (Å²) in [5.74, 6) is -4.33. The summed E-state index contributed by atoms with van der Waals surface area (Å²) >= 11 is 0. The van der Waals surface area contributed by atoms with Gasteiger partial charge in [-0.1, -0.05) is 6.07 Å². The van der Waals surface area contributed by atoms with Crippen molar-refractivity contribution in [3.8, 4) is 0 Å². The number of carbonyl (C=O) groups is 2. The monoisotopic (exact) mass is 407 g/mol. The Morgan fingerprint density at radius 3 is 2.59 bits per heavy atom. The van der Waals surface area contributed by atoms with Gasteiger partial charge in [-0.25, -0.2) is 8.78 Å². The summed E-state index contributed by atoms with van der Waals surface area (Å²) in [6.07, 6.45) is -0.157. The second-order valence-corrected chi connectivity index (χ2v) is 6.69. The van der Waals surface area contributed by atoms with Crippen LogP contribution in [0.4, 0.5) is 24.5 Å². The minimum absolute atomic E-state index is 0.0634. The molecule has 152 valence electrons.